The van der Waals surface area contributed by atoms with E-state index in [2.05, 4.69) is 9.97 Å². The Kier molecular flexibility index (Phi) is 7.70. The summed E-state index contributed by atoms with van der Waals surface area (Å²) < 4.78 is 59.1. The standard InChI is InChI=1S/C27H25BFN3O7S/c1-16-9-10-21(32-40(35,36)27(34)37-15-18-7-4-3-5-8-18)24(29)22(16)25(33)19-13-30-26-23(19)17(2)20(14-31-26)28-38-11-6-12-39-28/h3-5,7-10,13-14,32H,6,11-12,15H2,1-2H3,(H,30,31). The summed E-state index contributed by atoms with van der Waals surface area (Å²) >= 11 is 0. The van der Waals surface area contributed by atoms with Gasteiger partial charge in [0.05, 0.1) is 11.3 Å². The first kappa shape index (κ1) is 27.5. The fraction of sp³-hybridized carbons (Fsp3) is 0.222. The Hall–Kier alpha value is -4.07. The lowest BCUT2D eigenvalue weighted by Crippen LogP contribution is -2.42. The summed E-state index contributed by atoms with van der Waals surface area (Å²) in [5, 5.41) is -1.11. The lowest BCUT2D eigenvalue weighted by atomic mass is 9.75. The number of rotatable bonds is 7. The summed E-state index contributed by atoms with van der Waals surface area (Å²) in [5.41, 5.74) is 1.81. The van der Waals surface area contributed by atoms with E-state index >= 15 is 4.39 Å². The summed E-state index contributed by atoms with van der Waals surface area (Å²) in [7, 11) is -5.42. The van der Waals surface area contributed by atoms with Crippen molar-refractivity contribution in [2.75, 3.05) is 17.9 Å². The van der Waals surface area contributed by atoms with Gasteiger partial charge in [0, 0.05) is 42.0 Å². The summed E-state index contributed by atoms with van der Waals surface area (Å²) in [6.45, 7) is 4.08. The minimum absolute atomic E-state index is 0.141. The zero-order valence-electron chi connectivity index (χ0n) is 21.7. The topological polar surface area (TPSA) is 137 Å². The Labute approximate surface area is 230 Å². The van der Waals surface area contributed by atoms with Crippen LogP contribution in [0.1, 0.15) is 39.0 Å². The summed E-state index contributed by atoms with van der Waals surface area (Å²) in [4.78, 5) is 33.3. The van der Waals surface area contributed by atoms with Crippen LogP contribution < -0.4 is 10.2 Å². The molecule has 2 aromatic heterocycles. The number of H-pyrrole nitrogens is 1. The second kappa shape index (κ2) is 11.2. The lowest BCUT2D eigenvalue weighted by molar-refractivity contribution is 0.103. The number of pyridine rings is 1. The molecule has 0 saturated carbocycles. The van der Waals surface area contributed by atoms with Crippen LogP contribution in [-0.2, 0) is 30.7 Å². The van der Waals surface area contributed by atoms with E-state index in [1.54, 1.807) is 43.5 Å². The molecule has 0 bridgehead atoms. The van der Waals surface area contributed by atoms with Crippen LogP contribution in [0, 0.1) is 19.7 Å². The summed E-state index contributed by atoms with van der Waals surface area (Å²) in [6, 6.07) is 11.0. The van der Waals surface area contributed by atoms with Crippen molar-refractivity contribution in [3.8, 4) is 0 Å². The van der Waals surface area contributed by atoms with Crippen LogP contribution in [0.4, 0.5) is 14.9 Å². The highest BCUT2D eigenvalue weighted by molar-refractivity contribution is 8.06. The number of fused-ring (bicyclic) bond motifs is 1. The van der Waals surface area contributed by atoms with Crippen LogP contribution in [0.15, 0.2) is 54.9 Å². The van der Waals surface area contributed by atoms with Gasteiger partial charge in [-0.05, 0) is 43.0 Å². The second-order valence-electron chi connectivity index (χ2n) is 9.27. The molecule has 10 nitrogen and oxygen atoms in total. The fourth-order valence-corrected chi connectivity index (χ4v) is 5.24. The van der Waals surface area contributed by atoms with Crippen molar-refractivity contribution in [2.45, 2.75) is 26.9 Å². The molecule has 1 aliphatic heterocycles. The molecule has 1 saturated heterocycles. The summed E-state index contributed by atoms with van der Waals surface area (Å²) in [6.07, 6.45) is 3.80. The number of benzene rings is 2. The number of ketones is 1. The molecule has 0 atom stereocenters. The van der Waals surface area contributed by atoms with Crippen molar-refractivity contribution < 1.29 is 36.4 Å². The predicted octanol–water partition coefficient (Wildman–Crippen LogP) is 3.76. The van der Waals surface area contributed by atoms with E-state index in [-0.39, 0.29) is 23.3 Å². The zero-order valence-corrected chi connectivity index (χ0v) is 22.5. The number of sulfonamides is 1. The number of nitrogens with zero attached hydrogens (tertiary/aromatic N) is 1. The predicted molar refractivity (Wildman–Crippen MR) is 146 cm³/mol. The van der Waals surface area contributed by atoms with Gasteiger partial charge in [-0.2, -0.15) is 8.42 Å². The van der Waals surface area contributed by atoms with Gasteiger partial charge in [0.25, 0.3) is 0 Å². The first-order valence-corrected chi connectivity index (χ1v) is 13.9. The number of carbonyl (C=O) groups is 2. The number of hydrogen-bond donors (Lipinski definition) is 2. The third kappa shape index (κ3) is 5.35. The lowest BCUT2D eigenvalue weighted by Gasteiger charge is -2.21. The number of carbonyl (C=O) groups excluding carboxylic acids is 2. The Bertz CT molecular complexity index is 1700. The SMILES string of the molecule is Cc1ccc(NS(=O)(=O)C(=O)OCc2ccccc2)c(F)c1C(=O)c1c[nH]c2ncc(B3OCCCO3)c(C)c12. The van der Waals surface area contributed by atoms with Gasteiger partial charge in [-0.25, -0.2) is 14.2 Å². The molecule has 3 heterocycles. The van der Waals surface area contributed by atoms with Crippen LogP contribution in [0.3, 0.4) is 0 Å². The monoisotopic (exact) mass is 565 g/mol. The highest BCUT2D eigenvalue weighted by atomic mass is 32.2. The largest absolute Gasteiger partial charge is 0.495 e. The Morgan fingerprint density at radius 1 is 1.12 bits per heavy atom. The van der Waals surface area contributed by atoms with E-state index in [0.29, 0.717) is 40.8 Å². The molecule has 0 unspecified atom stereocenters. The average molecular weight is 565 g/mol. The quantitative estimate of drug-likeness (QED) is 0.196. The first-order chi connectivity index (χ1) is 19.2. The highest BCUT2D eigenvalue weighted by Gasteiger charge is 2.31. The van der Waals surface area contributed by atoms with Gasteiger partial charge in [0.2, 0.25) is 0 Å². The minimum Gasteiger partial charge on any atom is -0.448 e. The van der Waals surface area contributed by atoms with E-state index in [1.807, 2.05) is 4.72 Å². The van der Waals surface area contributed by atoms with Crippen LogP contribution in [0.2, 0.25) is 0 Å². The van der Waals surface area contributed by atoms with E-state index < -0.39 is 39.7 Å². The van der Waals surface area contributed by atoms with Crippen LogP contribution in [0.5, 0.6) is 0 Å². The number of aromatic nitrogens is 2. The molecule has 2 aromatic carbocycles. The Balaban J connectivity index is 1.44. The average Bonchev–Trinajstić information content (AvgIpc) is 3.40. The minimum atomic E-state index is -4.78. The number of hydrogen-bond acceptors (Lipinski definition) is 8. The van der Waals surface area contributed by atoms with Crippen molar-refractivity contribution in [1.29, 1.82) is 0 Å². The van der Waals surface area contributed by atoms with Gasteiger partial charge >= 0.3 is 22.4 Å². The smallest absolute Gasteiger partial charge is 0.448 e. The van der Waals surface area contributed by atoms with Crippen LogP contribution in [-0.4, -0.2) is 49.8 Å². The van der Waals surface area contributed by atoms with Crippen molar-refractivity contribution in [3.05, 3.63) is 88.5 Å². The van der Waals surface area contributed by atoms with Crippen molar-refractivity contribution >= 4 is 50.4 Å². The van der Waals surface area contributed by atoms with Crippen LogP contribution in [0.25, 0.3) is 11.0 Å². The van der Waals surface area contributed by atoms with Gasteiger partial charge < -0.3 is 19.0 Å². The molecule has 0 amide bonds. The summed E-state index contributed by atoms with van der Waals surface area (Å²) in [5.74, 6) is -1.82. The van der Waals surface area contributed by atoms with E-state index in [9.17, 15) is 18.0 Å². The molecular weight excluding hydrogens is 540 g/mol. The maximum atomic E-state index is 15.7. The van der Waals surface area contributed by atoms with Crippen LogP contribution >= 0.6 is 0 Å². The maximum absolute atomic E-state index is 15.7. The molecule has 5 rings (SSSR count). The molecule has 1 fully saturated rings. The maximum Gasteiger partial charge on any atom is 0.495 e. The van der Waals surface area contributed by atoms with E-state index in [1.165, 1.54) is 19.2 Å². The number of halogens is 1. The van der Waals surface area contributed by atoms with Crippen molar-refractivity contribution in [3.63, 3.8) is 0 Å². The van der Waals surface area contributed by atoms with Gasteiger partial charge in [-0.15, -0.1) is 0 Å². The molecule has 206 valence electrons. The van der Waals surface area contributed by atoms with Gasteiger partial charge in [-0.1, -0.05) is 36.4 Å². The fourth-order valence-electron chi connectivity index (χ4n) is 4.50. The number of nitrogens with one attached hydrogen (secondary N) is 2. The van der Waals surface area contributed by atoms with E-state index in [4.69, 9.17) is 14.0 Å². The molecule has 13 heteroatoms. The number of aromatic amines is 1. The Morgan fingerprint density at radius 3 is 2.58 bits per heavy atom. The van der Waals surface area contributed by atoms with Gasteiger partial charge in [-0.3, -0.25) is 9.52 Å². The number of aryl methyl sites for hydroxylation is 2. The molecule has 0 spiro atoms. The number of anilines is 1. The van der Waals surface area contributed by atoms with Crippen molar-refractivity contribution in [1.82, 2.24) is 9.97 Å². The third-order valence-electron chi connectivity index (χ3n) is 6.57. The van der Waals surface area contributed by atoms with Crippen molar-refractivity contribution in [2.24, 2.45) is 0 Å². The van der Waals surface area contributed by atoms with Gasteiger partial charge in [0.15, 0.2) is 11.6 Å². The molecule has 4 aromatic rings. The molecule has 40 heavy (non-hydrogen) atoms. The molecule has 1 aliphatic rings. The Morgan fingerprint density at radius 2 is 1.85 bits per heavy atom. The molecule has 0 radical (unpaired) electrons. The molecule has 2 N–H and O–H groups in total. The van der Waals surface area contributed by atoms with Gasteiger partial charge in [0.1, 0.15) is 12.3 Å². The first-order valence-electron chi connectivity index (χ1n) is 12.4. The normalized spacial score (nSPS) is 13.8. The third-order valence-corrected chi connectivity index (χ3v) is 7.61. The highest BCUT2D eigenvalue weighted by Crippen LogP contribution is 2.29. The second-order valence-corrected chi connectivity index (χ2v) is 10.8. The number of ether oxygens (including phenoxy) is 1. The molecule has 0 aliphatic carbocycles. The van der Waals surface area contributed by atoms with E-state index in [0.717, 1.165) is 12.5 Å². The zero-order chi connectivity index (χ0) is 28.4. The molecular formula is C27H25BFN3O7S.